The normalized spacial score (nSPS) is 54.7. The van der Waals surface area contributed by atoms with Crippen LogP contribution in [0.5, 0.6) is 0 Å². The number of hydrogen-bond donors (Lipinski definition) is 3. The fourth-order valence-electron chi connectivity index (χ4n) is 5.14. The summed E-state index contributed by atoms with van der Waals surface area (Å²) in [5.74, 6) is 0.653. The molecule has 0 spiro atoms. The average molecular weight is 240 g/mol. The van der Waals surface area contributed by atoms with Crippen molar-refractivity contribution in [1.82, 2.24) is 0 Å². The minimum Gasteiger partial charge on any atom is -0.391 e. The maximum atomic E-state index is 10.9. The Balaban J connectivity index is 2.03. The molecule has 4 aliphatic heterocycles. The molecule has 4 heterocycles. The smallest absolute Gasteiger partial charge is 0.127 e. The highest BCUT2D eigenvalue weighted by molar-refractivity contribution is 5.03. The van der Waals surface area contributed by atoms with E-state index in [0.717, 1.165) is 0 Å². The predicted molar refractivity (Wildman–Crippen MR) is 67.1 cm³/mol. The highest BCUT2D eigenvalue weighted by atomic mass is 16.3. The molecule has 3 N–H and O–H groups in total. The summed E-state index contributed by atoms with van der Waals surface area (Å²) in [6, 6.07) is 0. The Morgan fingerprint density at radius 3 is 2.18 bits per heavy atom. The summed E-state index contributed by atoms with van der Waals surface area (Å²) in [6.45, 7) is 14.4. The Hall–Kier alpha value is -0.120. The average Bonchev–Trinajstić information content (AvgIpc) is 2.51. The molecule has 4 saturated heterocycles. The number of aliphatic hydroxyl groups excluding tert-OH is 1. The van der Waals surface area contributed by atoms with Gasteiger partial charge in [-0.3, -0.25) is 0 Å². The van der Waals surface area contributed by atoms with Gasteiger partial charge in [0.05, 0.1) is 43.1 Å². The van der Waals surface area contributed by atoms with Crippen LogP contribution in [-0.2, 0) is 0 Å². The Morgan fingerprint density at radius 1 is 1.18 bits per heavy atom. The zero-order chi connectivity index (χ0) is 12.3. The van der Waals surface area contributed by atoms with Gasteiger partial charge in [0.1, 0.15) is 13.1 Å². The molecule has 3 nitrogen and oxygen atoms in total. The van der Waals surface area contributed by atoms with E-state index in [-0.39, 0.29) is 16.9 Å². The van der Waals surface area contributed by atoms with E-state index in [4.69, 9.17) is 0 Å². The number of rotatable bonds is 2. The topological polar surface area (TPSA) is 29.1 Å². The van der Waals surface area contributed by atoms with Crippen LogP contribution in [0.2, 0.25) is 0 Å². The molecule has 0 aliphatic carbocycles. The summed E-state index contributed by atoms with van der Waals surface area (Å²) in [4.78, 5) is 3.51. The predicted octanol–water partition coefficient (Wildman–Crippen LogP) is -1.80. The van der Waals surface area contributed by atoms with Crippen LogP contribution in [0.15, 0.2) is 0 Å². The van der Waals surface area contributed by atoms with Crippen molar-refractivity contribution in [3.8, 4) is 0 Å². The fraction of sp³-hybridized carbons (Fsp3) is 1.00. The van der Waals surface area contributed by atoms with E-state index in [1.54, 1.807) is 9.80 Å². The lowest BCUT2D eigenvalue weighted by atomic mass is 9.57. The third kappa shape index (κ3) is 1.52. The van der Waals surface area contributed by atoms with Gasteiger partial charge >= 0.3 is 0 Å². The standard InChI is InChI=1S/C14H26N2O/c1-4-11(2)14-9-15-5-6-16(10-14)8-13(3,7-15)12(14)17/h11-12,17H,4-10H2,1-3H3/p+2/t11-,12-,13?,14?/m0/s1. The quantitative estimate of drug-likeness (QED) is 0.522. The van der Waals surface area contributed by atoms with Crippen molar-refractivity contribution >= 4 is 0 Å². The Bertz CT molecular complexity index is 301. The van der Waals surface area contributed by atoms with Gasteiger partial charge in [0, 0.05) is 0 Å². The van der Waals surface area contributed by atoms with Gasteiger partial charge in [-0.15, -0.1) is 0 Å². The number of fused-ring (bicyclic) bond motifs is 1. The second kappa shape index (κ2) is 3.69. The first-order valence-corrected chi connectivity index (χ1v) is 7.35. The minimum absolute atomic E-state index is 0.0736. The van der Waals surface area contributed by atoms with E-state index in [9.17, 15) is 5.11 Å². The van der Waals surface area contributed by atoms with Gasteiger partial charge in [-0.05, 0) is 12.8 Å². The lowest BCUT2D eigenvalue weighted by Gasteiger charge is -2.56. The molecule has 0 amide bonds. The first-order chi connectivity index (χ1) is 8.00. The highest BCUT2D eigenvalue weighted by Crippen LogP contribution is 2.43. The number of piperidine rings is 2. The van der Waals surface area contributed by atoms with Crippen molar-refractivity contribution in [2.75, 3.05) is 39.3 Å². The SMILES string of the molecule is CC[C@H](C)C12C[NH+]3CC[NH+](CC(C)(C3)[C@@H]1O)C2. The first-order valence-electron chi connectivity index (χ1n) is 7.35. The second-order valence-electron chi connectivity index (χ2n) is 7.31. The van der Waals surface area contributed by atoms with Crippen molar-refractivity contribution in [3.05, 3.63) is 0 Å². The summed E-state index contributed by atoms with van der Waals surface area (Å²) >= 11 is 0. The van der Waals surface area contributed by atoms with Crippen LogP contribution in [0.1, 0.15) is 27.2 Å². The van der Waals surface area contributed by atoms with Gasteiger partial charge in [-0.2, -0.15) is 0 Å². The van der Waals surface area contributed by atoms with Gasteiger partial charge in [0.15, 0.2) is 0 Å². The van der Waals surface area contributed by atoms with Gasteiger partial charge in [0.2, 0.25) is 0 Å². The van der Waals surface area contributed by atoms with E-state index in [0.29, 0.717) is 5.92 Å². The van der Waals surface area contributed by atoms with Crippen molar-refractivity contribution in [2.45, 2.75) is 33.3 Å². The van der Waals surface area contributed by atoms with Crippen LogP contribution in [0, 0.1) is 16.7 Å². The summed E-state index contributed by atoms with van der Waals surface area (Å²) in [7, 11) is 0. The largest absolute Gasteiger partial charge is 0.391 e. The van der Waals surface area contributed by atoms with Gasteiger partial charge in [-0.1, -0.05) is 20.3 Å². The number of nitrogens with one attached hydrogen (secondary N) is 2. The molecule has 0 aromatic heterocycles. The van der Waals surface area contributed by atoms with Crippen molar-refractivity contribution in [2.24, 2.45) is 16.7 Å². The molecule has 0 saturated carbocycles. The summed E-state index contributed by atoms with van der Waals surface area (Å²) in [6.07, 6.45) is 1.13. The maximum Gasteiger partial charge on any atom is 0.127 e. The van der Waals surface area contributed by atoms with Crippen LogP contribution >= 0.6 is 0 Å². The molecule has 0 aromatic carbocycles. The van der Waals surface area contributed by atoms with Crippen LogP contribution in [-0.4, -0.2) is 50.5 Å². The van der Waals surface area contributed by atoms with Gasteiger partial charge in [-0.25, -0.2) is 0 Å². The zero-order valence-electron chi connectivity index (χ0n) is 11.6. The molecule has 4 rings (SSSR count). The van der Waals surface area contributed by atoms with Crippen molar-refractivity contribution in [3.63, 3.8) is 0 Å². The number of hydrogen-bond acceptors (Lipinski definition) is 1. The van der Waals surface area contributed by atoms with Gasteiger partial charge < -0.3 is 14.9 Å². The van der Waals surface area contributed by atoms with Crippen LogP contribution in [0.25, 0.3) is 0 Å². The Labute approximate surface area is 105 Å². The van der Waals surface area contributed by atoms with Crippen LogP contribution in [0.4, 0.5) is 0 Å². The molecule has 4 fully saturated rings. The minimum atomic E-state index is -0.0736. The Kier molecular flexibility index (Phi) is 2.59. The number of quaternary nitrogens is 2. The molecule has 0 radical (unpaired) electrons. The summed E-state index contributed by atoms with van der Waals surface area (Å²) in [5.41, 5.74) is 0.363. The third-order valence-electron chi connectivity index (χ3n) is 6.10. The fourth-order valence-corrected chi connectivity index (χ4v) is 5.14. The highest BCUT2D eigenvalue weighted by Gasteiger charge is 2.65. The number of aliphatic hydroxyl groups is 1. The zero-order valence-corrected chi connectivity index (χ0v) is 11.6. The van der Waals surface area contributed by atoms with Crippen LogP contribution < -0.4 is 9.80 Å². The molecule has 98 valence electrons. The molecule has 4 aliphatic rings. The first kappa shape index (κ1) is 11.9. The lowest BCUT2D eigenvalue weighted by Crippen LogP contribution is -3.19. The van der Waals surface area contributed by atoms with E-state index in [2.05, 4.69) is 20.8 Å². The second-order valence-corrected chi connectivity index (χ2v) is 7.31. The van der Waals surface area contributed by atoms with E-state index in [1.807, 2.05) is 0 Å². The monoisotopic (exact) mass is 240 g/mol. The molecule has 2 unspecified atom stereocenters. The van der Waals surface area contributed by atoms with Crippen molar-refractivity contribution in [1.29, 1.82) is 0 Å². The van der Waals surface area contributed by atoms with Gasteiger partial charge in [0.25, 0.3) is 0 Å². The third-order valence-corrected chi connectivity index (χ3v) is 6.10. The summed E-state index contributed by atoms with van der Waals surface area (Å²) < 4.78 is 0. The summed E-state index contributed by atoms with van der Waals surface area (Å²) in [5, 5.41) is 10.9. The Morgan fingerprint density at radius 2 is 1.71 bits per heavy atom. The van der Waals surface area contributed by atoms with E-state index >= 15 is 0 Å². The van der Waals surface area contributed by atoms with Crippen LogP contribution in [0.3, 0.4) is 0 Å². The molecule has 4 bridgehead atoms. The molecular formula is C14H28N2O+2. The van der Waals surface area contributed by atoms with E-state index in [1.165, 1.54) is 45.7 Å². The molecule has 4 atom stereocenters. The molecule has 3 heteroatoms. The molecular weight excluding hydrogens is 212 g/mol. The molecule has 17 heavy (non-hydrogen) atoms. The van der Waals surface area contributed by atoms with Crippen molar-refractivity contribution < 1.29 is 14.9 Å². The molecule has 0 aromatic rings. The lowest BCUT2D eigenvalue weighted by molar-refractivity contribution is -0.920. The van der Waals surface area contributed by atoms with E-state index < -0.39 is 0 Å². The maximum absolute atomic E-state index is 10.9.